The molecule has 4 heteroatoms. The molecule has 3 N–H and O–H groups in total. The Balaban J connectivity index is 2.66. The zero-order valence-electron chi connectivity index (χ0n) is 12.0. The van der Waals surface area contributed by atoms with Gasteiger partial charge in [-0.3, -0.25) is 4.79 Å². The van der Waals surface area contributed by atoms with Crippen molar-refractivity contribution >= 4 is 5.91 Å². The minimum atomic E-state index is -0.516. The van der Waals surface area contributed by atoms with Gasteiger partial charge in [-0.25, -0.2) is 4.39 Å². The van der Waals surface area contributed by atoms with E-state index in [0.29, 0.717) is 17.9 Å². The van der Waals surface area contributed by atoms with Crippen LogP contribution in [0.15, 0.2) is 18.2 Å². The van der Waals surface area contributed by atoms with Gasteiger partial charge in [0.15, 0.2) is 0 Å². The van der Waals surface area contributed by atoms with Gasteiger partial charge in [-0.1, -0.05) is 26.0 Å². The van der Waals surface area contributed by atoms with E-state index in [9.17, 15) is 9.18 Å². The number of benzene rings is 1. The molecule has 1 unspecified atom stereocenters. The van der Waals surface area contributed by atoms with Crippen LogP contribution in [0.3, 0.4) is 0 Å². The number of hydrogen-bond donors (Lipinski definition) is 2. The molecule has 1 rings (SSSR count). The molecule has 0 fully saturated rings. The highest BCUT2D eigenvalue weighted by Crippen LogP contribution is 2.16. The van der Waals surface area contributed by atoms with Gasteiger partial charge in [0.2, 0.25) is 5.91 Å². The maximum absolute atomic E-state index is 13.5. The first-order valence-electron chi connectivity index (χ1n) is 6.63. The molecule has 2 atom stereocenters. The molecule has 0 radical (unpaired) electrons. The standard InChI is InChI=1S/C15H23FN2O/c1-9(2)7-14(17)15(19)18-11(4)12-6-5-10(3)13(16)8-12/h5-6,8-9,11,14H,7,17H2,1-4H3,(H,18,19)/t11?,14-/m1/s1. The van der Waals surface area contributed by atoms with Crippen LogP contribution in [0.5, 0.6) is 0 Å². The van der Waals surface area contributed by atoms with Crippen LogP contribution >= 0.6 is 0 Å². The first kappa shape index (κ1) is 15.6. The Morgan fingerprint density at radius 1 is 1.37 bits per heavy atom. The van der Waals surface area contributed by atoms with Crippen molar-refractivity contribution in [2.45, 2.75) is 46.2 Å². The number of aryl methyl sites for hydroxylation is 1. The van der Waals surface area contributed by atoms with Crippen LogP contribution in [0, 0.1) is 18.7 Å². The summed E-state index contributed by atoms with van der Waals surface area (Å²) in [5, 5.41) is 2.82. The molecule has 0 saturated carbocycles. The van der Waals surface area contributed by atoms with E-state index in [4.69, 9.17) is 5.73 Å². The molecule has 0 saturated heterocycles. The largest absolute Gasteiger partial charge is 0.348 e. The summed E-state index contributed by atoms with van der Waals surface area (Å²) in [6.45, 7) is 7.57. The van der Waals surface area contributed by atoms with Crippen LogP contribution < -0.4 is 11.1 Å². The van der Waals surface area contributed by atoms with Gasteiger partial charge < -0.3 is 11.1 Å². The normalized spacial score (nSPS) is 14.3. The Morgan fingerprint density at radius 3 is 2.53 bits per heavy atom. The summed E-state index contributed by atoms with van der Waals surface area (Å²) in [6, 6.07) is 4.21. The number of hydrogen-bond acceptors (Lipinski definition) is 2. The van der Waals surface area contributed by atoms with Gasteiger partial charge in [0, 0.05) is 0 Å². The number of amides is 1. The van der Waals surface area contributed by atoms with Crippen molar-refractivity contribution in [3.63, 3.8) is 0 Å². The summed E-state index contributed by atoms with van der Waals surface area (Å²) in [4.78, 5) is 11.9. The molecule has 0 aliphatic rings. The average Bonchev–Trinajstić information content (AvgIpc) is 2.31. The molecule has 0 heterocycles. The van der Waals surface area contributed by atoms with Crippen LogP contribution in [-0.2, 0) is 4.79 Å². The van der Waals surface area contributed by atoms with E-state index >= 15 is 0 Å². The van der Waals surface area contributed by atoms with Gasteiger partial charge in [0.25, 0.3) is 0 Å². The Morgan fingerprint density at radius 2 is 2.00 bits per heavy atom. The molecular weight excluding hydrogens is 243 g/mol. The molecule has 0 bridgehead atoms. The molecule has 0 spiro atoms. The third-order valence-corrected chi connectivity index (χ3v) is 3.12. The summed E-state index contributed by atoms with van der Waals surface area (Å²) in [7, 11) is 0. The lowest BCUT2D eigenvalue weighted by Gasteiger charge is -2.19. The quantitative estimate of drug-likeness (QED) is 0.861. The topological polar surface area (TPSA) is 55.1 Å². The number of carbonyl (C=O) groups is 1. The smallest absolute Gasteiger partial charge is 0.237 e. The van der Waals surface area contributed by atoms with Crippen LogP contribution in [0.2, 0.25) is 0 Å². The summed E-state index contributed by atoms with van der Waals surface area (Å²) in [6.07, 6.45) is 0.640. The Hall–Kier alpha value is -1.42. The first-order chi connectivity index (χ1) is 8.81. The summed E-state index contributed by atoms with van der Waals surface area (Å²) < 4.78 is 13.5. The third-order valence-electron chi connectivity index (χ3n) is 3.12. The maximum Gasteiger partial charge on any atom is 0.237 e. The molecule has 0 aliphatic carbocycles. The predicted octanol–water partition coefficient (Wildman–Crippen LogP) is 2.68. The SMILES string of the molecule is Cc1ccc(C(C)NC(=O)[C@H](N)CC(C)C)cc1F. The molecule has 1 aromatic carbocycles. The lowest BCUT2D eigenvalue weighted by Crippen LogP contribution is -2.42. The van der Waals surface area contributed by atoms with Gasteiger partial charge in [-0.05, 0) is 43.4 Å². The van der Waals surface area contributed by atoms with Crippen molar-refractivity contribution in [3.8, 4) is 0 Å². The van der Waals surface area contributed by atoms with Crippen molar-refractivity contribution in [2.24, 2.45) is 11.7 Å². The molecular formula is C15H23FN2O. The highest BCUT2D eigenvalue weighted by Gasteiger charge is 2.18. The second-order valence-corrected chi connectivity index (χ2v) is 5.47. The van der Waals surface area contributed by atoms with E-state index in [-0.39, 0.29) is 17.8 Å². The van der Waals surface area contributed by atoms with Crippen LogP contribution in [0.25, 0.3) is 0 Å². The molecule has 0 aliphatic heterocycles. The van der Waals surface area contributed by atoms with Crippen molar-refractivity contribution in [3.05, 3.63) is 35.1 Å². The zero-order valence-corrected chi connectivity index (χ0v) is 12.0. The maximum atomic E-state index is 13.5. The summed E-state index contributed by atoms with van der Waals surface area (Å²) in [5.41, 5.74) is 7.15. The Kier molecular flexibility index (Phi) is 5.48. The zero-order chi connectivity index (χ0) is 14.6. The molecule has 106 valence electrons. The molecule has 1 amide bonds. The molecule has 1 aromatic rings. The van der Waals surface area contributed by atoms with Crippen molar-refractivity contribution in [1.82, 2.24) is 5.32 Å². The second kappa shape index (κ2) is 6.66. The fourth-order valence-corrected chi connectivity index (χ4v) is 1.90. The van der Waals surface area contributed by atoms with Crippen molar-refractivity contribution in [1.29, 1.82) is 0 Å². The lowest BCUT2D eigenvalue weighted by molar-refractivity contribution is -0.123. The number of nitrogens with one attached hydrogen (secondary N) is 1. The van der Waals surface area contributed by atoms with Gasteiger partial charge in [-0.15, -0.1) is 0 Å². The Labute approximate surface area is 114 Å². The van der Waals surface area contributed by atoms with Crippen molar-refractivity contribution < 1.29 is 9.18 Å². The fourth-order valence-electron chi connectivity index (χ4n) is 1.90. The average molecular weight is 266 g/mol. The van der Waals surface area contributed by atoms with E-state index < -0.39 is 6.04 Å². The number of rotatable bonds is 5. The van der Waals surface area contributed by atoms with Gasteiger partial charge in [0.1, 0.15) is 5.82 Å². The van der Waals surface area contributed by atoms with E-state index in [1.54, 1.807) is 13.0 Å². The van der Waals surface area contributed by atoms with Gasteiger partial charge in [-0.2, -0.15) is 0 Å². The Bertz CT molecular complexity index is 446. The minimum absolute atomic E-state index is 0.192. The number of carbonyl (C=O) groups excluding carboxylic acids is 1. The summed E-state index contributed by atoms with van der Waals surface area (Å²) in [5.74, 6) is -0.0832. The van der Waals surface area contributed by atoms with Crippen molar-refractivity contribution in [2.75, 3.05) is 0 Å². The lowest BCUT2D eigenvalue weighted by atomic mass is 10.0. The van der Waals surface area contributed by atoms with E-state index in [1.807, 2.05) is 26.8 Å². The van der Waals surface area contributed by atoms with Crippen LogP contribution in [-0.4, -0.2) is 11.9 Å². The third kappa shape index (κ3) is 4.63. The molecule has 0 aromatic heterocycles. The summed E-state index contributed by atoms with van der Waals surface area (Å²) >= 11 is 0. The molecule has 3 nitrogen and oxygen atoms in total. The van der Waals surface area contributed by atoms with E-state index in [2.05, 4.69) is 5.32 Å². The van der Waals surface area contributed by atoms with Gasteiger partial charge in [0.05, 0.1) is 12.1 Å². The fraction of sp³-hybridized carbons (Fsp3) is 0.533. The number of halogens is 1. The highest BCUT2D eigenvalue weighted by molar-refractivity contribution is 5.81. The first-order valence-corrected chi connectivity index (χ1v) is 6.63. The van der Waals surface area contributed by atoms with E-state index in [1.165, 1.54) is 6.07 Å². The predicted molar refractivity (Wildman–Crippen MR) is 75.1 cm³/mol. The monoisotopic (exact) mass is 266 g/mol. The van der Waals surface area contributed by atoms with Crippen LogP contribution in [0.1, 0.15) is 44.4 Å². The van der Waals surface area contributed by atoms with Crippen LogP contribution in [0.4, 0.5) is 4.39 Å². The molecule has 19 heavy (non-hydrogen) atoms. The van der Waals surface area contributed by atoms with Gasteiger partial charge >= 0.3 is 0 Å². The second-order valence-electron chi connectivity index (χ2n) is 5.47. The highest BCUT2D eigenvalue weighted by atomic mass is 19.1. The number of nitrogens with two attached hydrogens (primary N) is 1. The van der Waals surface area contributed by atoms with E-state index in [0.717, 1.165) is 5.56 Å². The minimum Gasteiger partial charge on any atom is -0.348 e.